The lowest BCUT2D eigenvalue weighted by atomic mass is 9.56. The first-order chi connectivity index (χ1) is 8.62. The first-order valence-electron chi connectivity index (χ1n) is 7.13. The van der Waals surface area contributed by atoms with E-state index in [2.05, 4.69) is 9.97 Å². The molecule has 0 atom stereocenters. The van der Waals surface area contributed by atoms with Gasteiger partial charge in [-0.15, -0.1) is 0 Å². The van der Waals surface area contributed by atoms with Crippen LogP contribution < -0.4 is 5.73 Å². The number of rotatable bonds is 2. The molecule has 4 saturated carbocycles. The Balaban J connectivity index is 1.62. The predicted molar refractivity (Wildman–Crippen MR) is 74.5 cm³/mol. The van der Waals surface area contributed by atoms with Gasteiger partial charge in [-0.25, -0.2) is 4.98 Å². The average Bonchev–Trinajstić information content (AvgIpc) is 2.54. The second kappa shape index (κ2) is 3.69. The quantitative estimate of drug-likeness (QED) is 0.860. The number of aromatic amines is 1. The molecule has 0 unspecified atom stereocenters. The molecule has 4 heteroatoms. The van der Waals surface area contributed by atoms with Crippen LogP contribution in [0.3, 0.4) is 0 Å². The van der Waals surface area contributed by atoms with Gasteiger partial charge in [-0.3, -0.25) is 0 Å². The molecule has 0 amide bonds. The summed E-state index contributed by atoms with van der Waals surface area (Å²) in [5, 5.41) is 1.05. The van der Waals surface area contributed by atoms with E-state index in [1.54, 1.807) is 0 Å². The number of aryl methyl sites for hydroxylation is 1. The highest BCUT2D eigenvalue weighted by Crippen LogP contribution is 2.62. The van der Waals surface area contributed by atoms with Gasteiger partial charge in [0.2, 0.25) is 0 Å². The van der Waals surface area contributed by atoms with Crippen molar-refractivity contribution < 1.29 is 0 Å². The highest BCUT2D eigenvalue weighted by molar-refractivity contribution is 8.00. The number of H-pyrrole nitrogens is 1. The van der Waals surface area contributed by atoms with Crippen molar-refractivity contribution in [2.75, 3.05) is 5.73 Å². The monoisotopic (exact) mass is 263 g/mol. The first kappa shape index (κ1) is 11.2. The van der Waals surface area contributed by atoms with Crippen LogP contribution in [0.1, 0.15) is 44.3 Å². The van der Waals surface area contributed by atoms with Crippen LogP contribution in [0.5, 0.6) is 0 Å². The van der Waals surface area contributed by atoms with Crippen LogP contribution >= 0.6 is 11.8 Å². The third kappa shape index (κ3) is 1.68. The molecular formula is C14H21N3S. The molecule has 1 heterocycles. The normalized spacial score (nSPS) is 41.5. The molecule has 3 nitrogen and oxygen atoms in total. The zero-order valence-corrected chi connectivity index (χ0v) is 11.7. The number of nitrogens with one attached hydrogen (secondary N) is 1. The van der Waals surface area contributed by atoms with E-state index in [-0.39, 0.29) is 0 Å². The molecule has 3 N–H and O–H groups in total. The van der Waals surface area contributed by atoms with Gasteiger partial charge in [-0.1, -0.05) is 11.8 Å². The highest BCUT2D eigenvalue weighted by atomic mass is 32.2. The Labute approximate surface area is 112 Å². The lowest BCUT2D eigenvalue weighted by Gasteiger charge is -2.56. The smallest absolute Gasteiger partial charge is 0.139 e. The first-order valence-corrected chi connectivity index (χ1v) is 7.95. The molecule has 0 aromatic carbocycles. The summed E-state index contributed by atoms with van der Waals surface area (Å²) < 4.78 is 0.463. The van der Waals surface area contributed by atoms with E-state index in [0.717, 1.165) is 34.4 Å². The SMILES string of the molecule is Cc1nc(SC23CC4CC(CC(C4)C2)C3)c(N)[nH]1. The van der Waals surface area contributed by atoms with Gasteiger partial charge in [-0.05, 0) is 63.2 Å². The molecule has 4 bridgehead atoms. The Morgan fingerprint density at radius 3 is 2.17 bits per heavy atom. The van der Waals surface area contributed by atoms with E-state index in [1.807, 2.05) is 18.7 Å². The molecule has 1 aromatic heterocycles. The summed E-state index contributed by atoms with van der Waals surface area (Å²) in [6.45, 7) is 1.99. The van der Waals surface area contributed by atoms with Gasteiger partial charge in [0.25, 0.3) is 0 Å². The van der Waals surface area contributed by atoms with Crippen molar-refractivity contribution >= 4 is 17.6 Å². The molecule has 4 aliphatic rings. The number of nitrogen functional groups attached to an aromatic ring is 1. The van der Waals surface area contributed by atoms with E-state index in [4.69, 9.17) is 5.73 Å². The molecule has 1 aromatic rings. The lowest BCUT2D eigenvalue weighted by Crippen LogP contribution is -2.48. The molecule has 4 fully saturated rings. The predicted octanol–water partition coefficient (Wildman–Crippen LogP) is 3.36. The molecule has 0 aliphatic heterocycles. The maximum Gasteiger partial charge on any atom is 0.139 e. The van der Waals surface area contributed by atoms with Crippen LogP contribution in [-0.2, 0) is 0 Å². The minimum atomic E-state index is 0.463. The summed E-state index contributed by atoms with van der Waals surface area (Å²) in [6.07, 6.45) is 8.68. The number of nitrogens with zero attached hydrogens (tertiary/aromatic N) is 1. The Morgan fingerprint density at radius 1 is 1.17 bits per heavy atom. The van der Waals surface area contributed by atoms with Crippen LogP contribution in [0.15, 0.2) is 5.03 Å². The Bertz CT molecular complexity index is 444. The lowest BCUT2D eigenvalue weighted by molar-refractivity contribution is 0.0383. The molecule has 4 aliphatic carbocycles. The fraction of sp³-hybridized carbons (Fsp3) is 0.786. The summed E-state index contributed by atoms with van der Waals surface area (Å²) in [5.41, 5.74) is 6.03. The highest BCUT2D eigenvalue weighted by Gasteiger charge is 2.51. The van der Waals surface area contributed by atoms with Crippen molar-refractivity contribution in [3.63, 3.8) is 0 Å². The van der Waals surface area contributed by atoms with Crippen LogP contribution in [0.4, 0.5) is 5.82 Å². The second-order valence-electron chi connectivity index (χ2n) is 6.74. The molecule has 0 saturated heterocycles. The standard InChI is InChI=1S/C14H21N3S/c1-8-16-12(15)13(17-8)18-14-5-9-2-10(6-14)4-11(3-9)7-14/h9-11H,2-7,15H2,1H3,(H,16,17). The van der Waals surface area contributed by atoms with E-state index in [9.17, 15) is 0 Å². The van der Waals surface area contributed by atoms with E-state index in [1.165, 1.54) is 38.5 Å². The van der Waals surface area contributed by atoms with E-state index in [0.29, 0.717) is 4.75 Å². The van der Waals surface area contributed by atoms with Gasteiger partial charge >= 0.3 is 0 Å². The summed E-state index contributed by atoms with van der Waals surface area (Å²) >= 11 is 1.98. The Hall–Kier alpha value is -0.640. The molecular weight excluding hydrogens is 242 g/mol. The fourth-order valence-electron chi connectivity index (χ4n) is 4.93. The Kier molecular flexibility index (Phi) is 2.30. The fourth-order valence-corrected chi connectivity index (χ4v) is 6.64. The van der Waals surface area contributed by atoms with Crippen LogP contribution in [0.25, 0.3) is 0 Å². The summed E-state index contributed by atoms with van der Waals surface area (Å²) in [6, 6.07) is 0. The van der Waals surface area contributed by atoms with E-state index < -0.39 is 0 Å². The van der Waals surface area contributed by atoms with Gasteiger partial charge < -0.3 is 10.7 Å². The topological polar surface area (TPSA) is 54.7 Å². The van der Waals surface area contributed by atoms with Gasteiger partial charge in [0, 0.05) is 4.75 Å². The second-order valence-corrected chi connectivity index (χ2v) is 8.20. The summed E-state index contributed by atoms with van der Waals surface area (Å²) in [7, 11) is 0. The van der Waals surface area contributed by atoms with E-state index >= 15 is 0 Å². The van der Waals surface area contributed by atoms with Crippen molar-refractivity contribution in [1.29, 1.82) is 0 Å². The van der Waals surface area contributed by atoms with Crippen molar-refractivity contribution in [3.05, 3.63) is 5.82 Å². The summed E-state index contributed by atoms with van der Waals surface area (Å²) in [4.78, 5) is 7.70. The molecule has 0 radical (unpaired) electrons. The van der Waals surface area contributed by atoms with Crippen molar-refractivity contribution in [2.45, 2.75) is 55.2 Å². The van der Waals surface area contributed by atoms with Crippen molar-refractivity contribution in [1.82, 2.24) is 9.97 Å². The summed E-state index contributed by atoms with van der Waals surface area (Å²) in [5.74, 6) is 4.69. The average molecular weight is 263 g/mol. The number of hydrogen-bond donors (Lipinski definition) is 2. The number of nitrogens with two attached hydrogens (primary N) is 1. The minimum Gasteiger partial charge on any atom is -0.383 e. The third-order valence-corrected chi connectivity index (χ3v) is 6.55. The van der Waals surface area contributed by atoms with Crippen LogP contribution in [-0.4, -0.2) is 14.7 Å². The van der Waals surface area contributed by atoms with Gasteiger partial charge in [-0.2, -0.15) is 0 Å². The van der Waals surface area contributed by atoms with Gasteiger partial charge in [0.15, 0.2) is 0 Å². The number of aromatic nitrogens is 2. The number of thioether (sulfide) groups is 1. The molecule has 5 rings (SSSR count). The van der Waals surface area contributed by atoms with Crippen molar-refractivity contribution in [2.24, 2.45) is 17.8 Å². The van der Waals surface area contributed by atoms with Crippen LogP contribution in [0.2, 0.25) is 0 Å². The van der Waals surface area contributed by atoms with Crippen LogP contribution in [0, 0.1) is 24.7 Å². The van der Waals surface area contributed by atoms with Gasteiger partial charge in [0.05, 0.1) is 0 Å². The Morgan fingerprint density at radius 2 is 1.72 bits per heavy atom. The molecule has 0 spiro atoms. The zero-order valence-electron chi connectivity index (χ0n) is 10.9. The zero-order chi connectivity index (χ0) is 12.3. The molecule has 18 heavy (non-hydrogen) atoms. The maximum absolute atomic E-state index is 6.03. The maximum atomic E-state index is 6.03. The van der Waals surface area contributed by atoms with Gasteiger partial charge in [0.1, 0.15) is 16.7 Å². The largest absolute Gasteiger partial charge is 0.383 e. The number of anilines is 1. The van der Waals surface area contributed by atoms with Crippen molar-refractivity contribution in [3.8, 4) is 0 Å². The number of hydrogen-bond acceptors (Lipinski definition) is 3. The number of imidazole rings is 1. The third-order valence-electron chi connectivity index (χ3n) is 5.11. The minimum absolute atomic E-state index is 0.463. The molecule has 98 valence electrons.